The fourth-order valence-corrected chi connectivity index (χ4v) is 5.56. The van der Waals surface area contributed by atoms with Gasteiger partial charge in [0.25, 0.3) is 5.56 Å². The van der Waals surface area contributed by atoms with Crippen molar-refractivity contribution >= 4 is 21.6 Å². The van der Waals surface area contributed by atoms with Crippen molar-refractivity contribution in [3.05, 3.63) is 67.7 Å². The van der Waals surface area contributed by atoms with Gasteiger partial charge < -0.3 is 9.47 Å². The van der Waals surface area contributed by atoms with Gasteiger partial charge in [0.1, 0.15) is 4.83 Å². The summed E-state index contributed by atoms with van der Waals surface area (Å²) in [6.45, 7) is 4.50. The van der Waals surface area contributed by atoms with Crippen LogP contribution in [0.15, 0.2) is 40.4 Å². The predicted octanol–water partition coefficient (Wildman–Crippen LogP) is 3.55. The van der Waals surface area contributed by atoms with Crippen molar-refractivity contribution in [3.63, 3.8) is 0 Å². The van der Waals surface area contributed by atoms with Crippen LogP contribution in [0.5, 0.6) is 11.5 Å². The predicted molar refractivity (Wildman–Crippen MR) is 120 cm³/mol. The lowest BCUT2D eigenvalue weighted by atomic mass is 9.97. The highest BCUT2D eigenvalue weighted by molar-refractivity contribution is 7.18. The van der Waals surface area contributed by atoms with Gasteiger partial charge in [-0.1, -0.05) is 12.1 Å². The molecule has 4 rings (SSSR count). The van der Waals surface area contributed by atoms with E-state index in [2.05, 4.69) is 6.58 Å². The summed E-state index contributed by atoms with van der Waals surface area (Å²) in [6, 6.07) is 5.65. The van der Waals surface area contributed by atoms with Crippen LogP contribution in [0.4, 0.5) is 0 Å². The normalized spacial score (nSPS) is 13.3. The number of nitrogens with zero attached hydrogens (tertiary/aromatic N) is 2. The SMILES string of the molecule is C=CCn1c(=O)n(CCc2ccc(OC)c(OC)c2)c(=O)c2c3c(sc21)CCCC3. The second-order valence-corrected chi connectivity index (χ2v) is 8.55. The number of hydrogen-bond acceptors (Lipinski definition) is 5. The van der Waals surface area contributed by atoms with Gasteiger partial charge in [0.2, 0.25) is 0 Å². The molecule has 0 unspecified atom stereocenters. The zero-order valence-electron chi connectivity index (χ0n) is 17.4. The summed E-state index contributed by atoms with van der Waals surface area (Å²) in [5.74, 6) is 1.28. The molecule has 0 radical (unpaired) electrons. The van der Waals surface area contributed by atoms with Crippen LogP contribution in [0, 0.1) is 0 Å². The first-order valence-electron chi connectivity index (χ1n) is 10.2. The quantitative estimate of drug-likeness (QED) is 0.542. The van der Waals surface area contributed by atoms with Crippen LogP contribution in [-0.2, 0) is 32.4 Å². The highest BCUT2D eigenvalue weighted by Gasteiger charge is 2.23. The minimum absolute atomic E-state index is 0.171. The van der Waals surface area contributed by atoms with Gasteiger partial charge in [-0.25, -0.2) is 4.79 Å². The number of benzene rings is 1. The molecule has 0 aliphatic heterocycles. The Morgan fingerprint density at radius 3 is 2.60 bits per heavy atom. The molecule has 0 spiro atoms. The largest absolute Gasteiger partial charge is 0.493 e. The standard InChI is InChI=1S/C23H26N2O4S/c1-4-12-25-22-20(16-7-5-6-8-19(16)30-22)21(26)24(23(25)27)13-11-15-9-10-17(28-2)18(14-15)29-3/h4,9-10,14H,1,5-8,11-13H2,2-3H3. The molecule has 1 aliphatic carbocycles. The van der Waals surface area contributed by atoms with E-state index in [1.165, 1.54) is 9.44 Å². The molecule has 1 aromatic carbocycles. The van der Waals surface area contributed by atoms with Gasteiger partial charge in [0.15, 0.2) is 11.5 Å². The lowest BCUT2D eigenvalue weighted by Gasteiger charge is -2.13. The lowest BCUT2D eigenvalue weighted by Crippen LogP contribution is -2.40. The van der Waals surface area contributed by atoms with E-state index < -0.39 is 0 Å². The Labute approximate surface area is 179 Å². The van der Waals surface area contributed by atoms with E-state index in [0.717, 1.165) is 47.0 Å². The van der Waals surface area contributed by atoms with Gasteiger partial charge in [-0.3, -0.25) is 13.9 Å². The summed E-state index contributed by atoms with van der Waals surface area (Å²) < 4.78 is 13.7. The molecular formula is C23H26N2O4S. The Hall–Kier alpha value is -2.80. The van der Waals surface area contributed by atoms with Crippen LogP contribution in [-0.4, -0.2) is 23.4 Å². The van der Waals surface area contributed by atoms with E-state index in [1.54, 1.807) is 36.2 Å². The van der Waals surface area contributed by atoms with E-state index in [-0.39, 0.29) is 11.2 Å². The van der Waals surface area contributed by atoms with Crippen molar-refractivity contribution in [2.24, 2.45) is 0 Å². The van der Waals surface area contributed by atoms with Crippen molar-refractivity contribution in [2.45, 2.75) is 45.2 Å². The van der Waals surface area contributed by atoms with Crippen LogP contribution in [0.1, 0.15) is 28.8 Å². The smallest absolute Gasteiger partial charge is 0.332 e. The molecule has 6 nitrogen and oxygen atoms in total. The second kappa shape index (κ2) is 8.52. The first kappa shape index (κ1) is 20.5. The lowest BCUT2D eigenvalue weighted by molar-refractivity contribution is 0.354. The van der Waals surface area contributed by atoms with Crippen molar-refractivity contribution in [1.29, 1.82) is 0 Å². The molecule has 0 atom stereocenters. The maximum Gasteiger partial charge on any atom is 0.332 e. The van der Waals surface area contributed by atoms with Crippen LogP contribution < -0.4 is 20.7 Å². The summed E-state index contributed by atoms with van der Waals surface area (Å²) in [6.07, 6.45) is 6.38. The van der Waals surface area contributed by atoms with Gasteiger partial charge in [0.05, 0.1) is 19.6 Å². The summed E-state index contributed by atoms with van der Waals surface area (Å²) in [5, 5.41) is 0.725. The van der Waals surface area contributed by atoms with Gasteiger partial charge in [-0.05, 0) is 55.4 Å². The first-order valence-corrected chi connectivity index (χ1v) is 11.0. The number of thiophene rings is 1. The van der Waals surface area contributed by atoms with Gasteiger partial charge in [-0.15, -0.1) is 17.9 Å². The maximum absolute atomic E-state index is 13.4. The third-order valence-electron chi connectivity index (χ3n) is 5.70. The molecule has 7 heteroatoms. The summed E-state index contributed by atoms with van der Waals surface area (Å²) in [5.41, 5.74) is 1.67. The van der Waals surface area contributed by atoms with Gasteiger partial charge in [0, 0.05) is 18.0 Å². The molecule has 158 valence electrons. The van der Waals surface area contributed by atoms with Gasteiger partial charge >= 0.3 is 5.69 Å². The first-order chi connectivity index (χ1) is 14.6. The molecule has 0 bridgehead atoms. The zero-order chi connectivity index (χ0) is 21.3. The van der Waals surface area contributed by atoms with Crippen LogP contribution >= 0.6 is 11.3 Å². The monoisotopic (exact) mass is 426 g/mol. The van der Waals surface area contributed by atoms with E-state index in [4.69, 9.17) is 9.47 Å². The molecule has 0 fully saturated rings. The third-order valence-corrected chi connectivity index (χ3v) is 7.02. The van der Waals surface area contributed by atoms with Crippen molar-refractivity contribution in [2.75, 3.05) is 14.2 Å². The fourth-order valence-electron chi connectivity index (χ4n) is 4.18. The number of fused-ring (bicyclic) bond motifs is 3. The number of methoxy groups -OCH3 is 2. The highest BCUT2D eigenvalue weighted by atomic mass is 32.1. The topological polar surface area (TPSA) is 62.5 Å². The number of aryl methyl sites for hydroxylation is 3. The molecule has 2 heterocycles. The van der Waals surface area contributed by atoms with Crippen molar-refractivity contribution in [3.8, 4) is 11.5 Å². The van der Waals surface area contributed by atoms with E-state index in [9.17, 15) is 9.59 Å². The summed E-state index contributed by atoms with van der Waals surface area (Å²) in [7, 11) is 3.18. The summed E-state index contributed by atoms with van der Waals surface area (Å²) >= 11 is 1.60. The molecule has 1 aliphatic rings. The fraction of sp³-hybridized carbons (Fsp3) is 0.391. The Bertz CT molecular complexity index is 1220. The van der Waals surface area contributed by atoms with Crippen molar-refractivity contribution < 1.29 is 9.47 Å². The minimum Gasteiger partial charge on any atom is -0.493 e. The molecule has 0 amide bonds. The second-order valence-electron chi connectivity index (χ2n) is 7.47. The molecule has 0 N–H and O–H groups in total. The number of aromatic nitrogens is 2. The van der Waals surface area contributed by atoms with Crippen LogP contribution in [0.3, 0.4) is 0 Å². The molecule has 30 heavy (non-hydrogen) atoms. The number of rotatable bonds is 7. The molecule has 3 aromatic rings. The van der Waals surface area contributed by atoms with Gasteiger partial charge in [-0.2, -0.15) is 0 Å². The highest BCUT2D eigenvalue weighted by Crippen LogP contribution is 2.34. The van der Waals surface area contributed by atoms with E-state index >= 15 is 0 Å². The van der Waals surface area contributed by atoms with Crippen LogP contribution in [0.25, 0.3) is 10.2 Å². The molecule has 0 saturated heterocycles. The molecule has 0 saturated carbocycles. The Balaban J connectivity index is 1.78. The van der Waals surface area contributed by atoms with E-state index in [1.807, 2.05) is 18.2 Å². The number of allylic oxidation sites excluding steroid dienone is 1. The Morgan fingerprint density at radius 2 is 1.87 bits per heavy atom. The van der Waals surface area contributed by atoms with E-state index in [0.29, 0.717) is 31.0 Å². The minimum atomic E-state index is -0.272. The Morgan fingerprint density at radius 1 is 1.10 bits per heavy atom. The Kier molecular flexibility index (Phi) is 5.81. The average molecular weight is 427 g/mol. The average Bonchev–Trinajstić information content (AvgIpc) is 3.16. The number of ether oxygens (including phenoxy) is 2. The van der Waals surface area contributed by atoms with Crippen LogP contribution in [0.2, 0.25) is 0 Å². The molecule has 2 aromatic heterocycles. The maximum atomic E-state index is 13.4. The molecular weight excluding hydrogens is 400 g/mol. The third kappa shape index (κ3) is 3.47. The number of hydrogen-bond donors (Lipinski definition) is 0. The zero-order valence-corrected chi connectivity index (χ0v) is 18.2. The summed E-state index contributed by atoms with van der Waals surface area (Å²) in [4.78, 5) is 28.6. The van der Waals surface area contributed by atoms with Crippen molar-refractivity contribution in [1.82, 2.24) is 9.13 Å².